The maximum atomic E-state index is 5.80. The third-order valence-electron chi connectivity index (χ3n) is 4.84. The van der Waals surface area contributed by atoms with Crippen molar-refractivity contribution in [1.29, 1.82) is 0 Å². The standard InChI is InChI=1S/C17H28N2/c1-13(2)15-8-10-16(11-9-15)17(19-18)12-14-6-4-3-5-7-14/h3-7,13,15-17,19H,8-12,18H2,1-2H3. The van der Waals surface area contributed by atoms with Gasteiger partial charge in [0.2, 0.25) is 0 Å². The molecule has 1 aromatic carbocycles. The molecular weight excluding hydrogens is 232 g/mol. The number of hydrogen-bond acceptors (Lipinski definition) is 2. The fraction of sp³-hybridized carbons (Fsp3) is 0.647. The van der Waals surface area contributed by atoms with Gasteiger partial charge in [0.15, 0.2) is 0 Å². The molecule has 1 atom stereocenters. The average molecular weight is 260 g/mol. The number of benzene rings is 1. The lowest BCUT2D eigenvalue weighted by atomic mass is 9.74. The van der Waals surface area contributed by atoms with E-state index in [1.807, 2.05) is 0 Å². The third-order valence-corrected chi connectivity index (χ3v) is 4.84. The van der Waals surface area contributed by atoms with Crippen LogP contribution in [-0.4, -0.2) is 6.04 Å². The molecule has 0 radical (unpaired) electrons. The van der Waals surface area contributed by atoms with Gasteiger partial charge in [-0.15, -0.1) is 0 Å². The Hall–Kier alpha value is -0.860. The van der Waals surface area contributed by atoms with Gasteiger partial charge in [0.1, 0.15) is 0 Å². The molecule has 1 aromatic rings. The largest absolute Gasteiger partial charge is 0.271 e. The Morgan fingerprint density at radius 1 is 1.05 bits per heavy atom. The Labute approximate surface area is 117 Å². The van der Waals surface area contributed by atoms with E-state index < -0.39 is 0 Å². The van der Waals surface area contributed by atoms with E-state index in [1.54, 1.807) is 0 Å². The van der Waals surface area contributed by atoms with Crippen molar-refractivity contribution in [3.05, 3.63) is 35.9 Å². The van der Waals surface area contributed by atoms with Crippen LogP contribution in [0.3, 0.4) is 0 Å². The topological polar surface area (TPSA) is 38.0 Å². The molecular formula is C17H28N2. The van der Waals surface area contributed by atoms with Crippen LogP contribution >= 0.6 is 0 Å². The van der Waals surface area contributed by atoms with Crippen molar-refractivity contribution < 1.29 is 0 Å². The van der Waals surface area contributed by atoms with Crippen molar-refractivity contribution in [2.24, 2.45) is 23.6 Å². The Kier molecular flexibility index (Phi) is 5.41. The zero-order valence-electron chi connectivity index (χ0n) is 12.3. The number of hydrazine groups is 1. The monoisotopic (exact) mass is 260 g/mol. The smallest absolute Gasteiger partial charge is 0.0279 e. The summed E-state index contributed by atoms with van der Waals surface area (Å²) < 4.78 is 0. The van der Waals surface area contributed by atoms with Crippen LogP contribution in [0.2, 0.25) is 0 Å². The van der Waals surface area contributed by atoms with E-state index in [1.165, 1.54) is 31.2 Å². The minimum Gasteiger partial charge on any atom is -0.271 e. The van der Waals surface area contributed by atoms with E-state index in [0.29, 0.717) is 6.04 Å². The first-order chi connectivity index (χ1) is 9.20. The highest BCUT2D eigenvalue weighted by molar-refractivity contribution is 5.16. The van der Waals surface area contributed by atoms with E-state index in [2.05, 4.69) is 49.6 Å². The summed E-state index contributed by atoms with van der Waals surface area (Å²) in [5.41, 5.74) is 4.45. The Bertz CT molecular complexity index is 353. The maximum Gasteiger partial charge on any atom is 0.0279 e. The normalized spacial score (nSPS) is 25.5. The molecule has 1 unspecified atom stereocenters. The molecule has 2 heteroatoms. The Morgan fingerprint density at radius 2 is 1.63 bits per heavy atom. The van der Waals surface area contributed by atoms with Gasteiger partial charge >= 0.3 is 0 Å². The minimum absolute atomic E-state index is 0.426. The highest BCUT2D eigenvalue weighted by Crippen LogP contribution is 2.35. The molecule has 1 aliphatic carbocycles. The number of rotatable bonds is 5. The molecule has 2 rings (SSSR count). The summed E-state index contributed by atoms with van der Waals surface area (Å²) in [5, 5.41) is 0. The van der Waals surface area contributed by atoms with Crippen LogP contribution in [0.4, 0.5) is 0 Å². The summed E-state index contributed by atoms with van der Waals surface area (Å²) in [6, 6.07) is 11.1. The van der Waals surface area contributed by atoms with E-state index in [4.69, 9.17) is 5.84 Å². The van der Waals surface area contributed by atoms with Crippen molar-refractivity contribution in [2.75, 3.05) is 0 Å². The van der Waals surface area contributed by atoms with E-state index in [-0.39, 0.29) is 0 Å². The summed E-state index contributed by atoms with van der Waals surface area (Å²) in [7, 11) is 0. The zero-order valence-corrected chi connectivity index (χ0v) is 12.3. The highest BCUT2D eigenvalue weighted by Gasteiger charge is 2.28. The van der Waals surface area contributed by atoms with Crippen LogP contribution in [0, 0.1) is 17.8 Å². The van der Waals surface area contributed by atoms with Gasteiger partial charge in [0.05, 0.1) is 0 Å². The second-order valence-corrected chi connectivity index (χ2v) is 6.38. The van der Waals surface area contributed by atoms with Gasteiger partial charge in [-0.25, -0.2) is 0 Å². The van der Waals surface area contributed by atoms with Gasteiger partial charge in [-0.2, -0.15) is 0 Å². The molecule has 19 heavy (non-hydrogen) atoms. The van der Waals surface area contributed by atoms with Crippen molar-refractivity contribution in [3.63, 3.8) is 0 Å². The lowest BCUT2D eigenvalue weighted by Crippen LogP contribution is -2.44. The molecule has 2 nitrogen and oxygen atoms in total. The fourth-order valence-electron chi connectivity index (χ4n) is 3.44. The van der Waals surface area contributed by atoms with Crippen molar-refractivity contribution >= 4 is 0 Å². The SMILES string of the molecule is CC(C)C1CCC(C(Cc2ccccc2)NN)CC1. The Morgan fingerprint density at radius 3 is 2.16 bits per heavy atom. The molecule has 0 aliphatic heterocycles. The first-order valence-corrected chi connectivity index (χ1v) is 7.70. The van der Waals surface area contributed by atoms with E-state index >= 15 is 0 Å². The molecule has 0 saturated heterocycles. The van der Waals surface area contributed by atoms with Gasteiger partial charge in [0, 0.05) is 6.04 Å². The molecule has 1 aliphatic rings. The van der Waals surface area contributed by atoms with Crippen LogP contribution in [0.15, 0.2) is 30.3 Å². The van der Waals surface area contributed by atoms with Gasteiger partial charge in [-0.1, -0.05) is 44.2 Å². The maximum absolute atomic E-state index is 5.80. The van der Waals surface area contributed by atoms with Crippen LogP contribution in [-0.2, 0) is 6.42 Å². The molecule has 1 saturated carbocycles. The van der Waals surface area contributed by atoms with Crippen LogP contribution in [0.5, 0.6) is 0 Å². The predicted octanol–water partition coefficient (Wildman–Crippen LogP) is 3.52. The molecule has 0 spiro atoms. The van der Waals surface area contributed by atoms with E-state index in [9.17, 15) is 0 Å². The second kappa shape index (κ2) is 7.06. The fourth-order valence-corrected chi connectivity index (χ4v) is 3.44. The first kappa shape index (κ1) is 14.5. The molecule has 0 heterocycles. The minimum atomic E-state index is 0.426. The van der Waals surface area contributed by atoms with Gasteiger partial charge < -0.3 is 0 Å². The summed E-state index contributed by atoms with van der Waals surface area (Å²) in [4.78, 5) is 0. The molecule has 0 aromatic heterocycles. The van der Waals surface area contributed by atoms with Crippen molar-refractivity contribution in [1.82, 2.24) is 5.43 Å². The molecule has 106 valence electrons. The summed E-state index contributed by atoms with van der Waals surface area (Å²) in [5.74, 6) is 8.29. The zero-order chi connectivity index (χ0) is 13.7. The third kappa shape index (κ3) is 4.05. The summed E-state index contributed by atoms with van der Waals surface area (Å²) in [6.45, 7) is 4.71. The van der Waals surface area contributed by atoms with Crippen LogP contribution in [0.1, 0.15) is 45.1 Å². The second-order valence-electron chi connectivity index (χ2n) is 6.38. The lowest BCUT2D eigenvalue weighted by molar-refractivity contribution is 0.188. The number of hydrogen-bond donors (Lipinski definition) is 2. The Balaban J connectivity index is 1.89. The molecule has 3 N–H and O–H groups in total. The summed E-state index contributed by atoms with van der Waals surface area (Å²) in [6.07, 6.45) is 6.44. The van der Waals surface area contributed by atoms with Crippen molar-refractivity contribution in [2.45, 2.75) is 52.0 Å². The number of nitrogens with one attached hydrogen (secondary N) is 1. The van der Waals surface area contributed by atoms with Gasteiger partial charge in [-0.3, -0.25) is 11.3 Å². The molecule has 0 bridgehead atoms. The average Bonchev–Trinajstić information content (AvgIpc) is 2.46. The highest BCUT2D eigenvalue weighted by atomic mass is 15.2. The number of nitrogens with two attached hydrogens (primary N) is 1. The summed E-state index contributed by atoms with van der Waals surface area (Å²) >= 11 is 0. The van der Waals surface area contributed by atoms with Gasteiger partial charge in [0.25, 0.3) is 0 Å². The van der Waals surface area contributed by atoms with Gasteiger partial charge in [-0.05, 0) is 55.4 Å². The first-order valence-electron chi connectivity index (χ1n) is 7.70. The molecule has 1 fully saturated rings. The van der Waals surface area contributed by atoms with Crippen LogP contribution in [0.25, 0.3) is 0 Å². The molecule has 0 amide bonds. The van der Waals surface area contributed by atoms with Crippen molar-refractivity contribution in [3.8, 4) is 0 Å². The quantitative estimate of drug-likeness (QED) is 0.628. The van der Waals surface area contributed by atoms with E-state index in [0.717, 1.165) is 24.2 Å². The predicted molar refractivity (Wildman–Crippen MR) is 81.5 cm³/mol. The van der Waals surface area contributed by atoms with Crippen LogP contribution < -0.4 is 11.3 Å². The lowest BCUT2D eigenvalue weighted by Gasteiger charge is -2.35.